The molecule has 1 fully saturated rings. The fourth-order valence-corrected chi connectivity index (χ4v) is 2.82. The van der Waals surface area contributed by atoms with Crippen LogP contribution in [0.1, 0.15) is 70.1 Å². The van der Waals surface area contributed by atoms with Gasteiger partial charge in [0.15, 0.2) is 0 Å². The van der Waals surface area contributed by atoms with Gasteiger partial charge in [0.05, 0.1) is 6.04 Å². The normalized spacial score (nSPS) is 20.7. The molecule has 2 N–H and O–H groups in total. The Hall–Kier alpha value is -0.940. The van der Waals surface area contributed by atoms with E-state index < -0.39 is 0 Å². The van der Waals surface area contributed by atoms with E-state index in [0.717, 1.165) is 32.1 Å². The van der Waals surface area contributed by atoms with Gasteiger partial charge in [-0.3, -0.25) is 0 Å². The van der Waals surface area contributed by atoms with E-state index in [2.05, 4.69) is 24.0 Å². The molecule has 1 aromatic heterocycles. The minimum absolute atomic E-state index is 0.182. The van der Waals surface area contributed by atoms with Gasteiger partial charge in [0.2, 0.25) is 11.7 Å². The summed E-state index contributed by atoms with van der Waals surface area (Å²) in [4.78, 5) is 4.50. The first-order valence-corrected chi connectivity index (χ1v) is 7.22. The van der Waals surface area contributed by atoms with Gasteiger partial charge >= 0.3 is 0 Å². The molecule has 0 saturated heterocycles. The molecule has 5 heteroatoms. The molecule has 1 aliphatic rings. The van der Waals surface area contributed by atoms with E-state index >= 15 is 0 Å². The zero-order chi connectivity index (χ0) is 13.9. The molecule has 0 radical (unpaired) electrons. The second kappa shape index (κ2) is 6.01. The van der Waals surface area contributed by atoms with Gasteiger partial charge in [-0.1, -0.05) is 38.3 Å². The molecule has 1 atom stereocenters. The molecule has 0 bridgehead atoms. The molecule has 2 rings (SSSR count). The number of methoxy groups -OCH3 is 1. The van der Waals surface area contributed by atoms with Crippen LogP contribution >= 0.6 is 0 Å². The monoisotopic (exact) mass is 267 g/mol. The van der Waals surface area contributed by atoms with Gasteiger partial charge in [0.1, 0.15) is 5.60 Å². The largest absolute Gasteiger partial charge is 0.370 e. The summed E-state index contributed by atoms with van der Waals surface area (Å²) in [5, 5.41) is 4.12. The highest BCUT2D eigenvalue weighted by Gasteiger charge is 2.38. The summed E-state index contributed by atoms with van der Waals surface area (Å²) in [6, 6.07) is -0.182. The number of rotatable bonds is 5. The molecule has 1 aromatic rings. The van der Waals surface area contributed by atoms with Crippen molar-refractivity contribution in [3.8, 4) is 0 Å². The Balaban J connectivity index is 2.14. The van der Waals surface area contributed by atoms with Crippen LogP contribution in [-0.4, -0.2) is 17.3 Å². The third kappa shape index (κ3) is 3.15. The van der Waals surface area contributed by atoms with Crippen molar-refractivity contribution in [3.05, 3.63) is 11.7 Å². The Labute approximate surface area is 114 Å². The summed E-state index contributed by atoms with van der Waals surface area (Å²) in [5.41, 5.74) is 5.72. The van der Waals surface area contributed by atoms with Crippen molar-refractivity contribution in [3.63, 3.8) is 0 Å². The van der Waals surface area contributed by atoms with E-state index in [1.165, 1.54) is 6.42 Å². The summed E-state index contributed by atoms with van der Waals surface area (Å²) in [6.45, 7) is 4.27. The molecule has 19 heavy (non-hydrogen) atoms. The Kier molecular flexibility index (Phi) is 4.58. The van der Waals surface area contributed by atoms with Gasteiger partial charge in [-0.25, -0.2) is 0 Å². The predicted octanol–water partition coefficient (Wildman–Crippen LogP) is 2.92. The minimum Gasteiger partial charge on any atom is -0.370 e. The number of aromatic nitrogens is 2. The number of hydrogen-bond acceptors (Lipinski definition) is 5. The van der Waals surface area contributed by atoms with Crippen LogP contribution in [0.3, 0.4) is 0 Å². The number of ether oxygens (including phenoxy) is 1. The van der Waals surface area contributed by atoms with Crippen molar-refractivity contribution < 1.29 is 9.26 Å². The van der Waals surface area contributed by atoms with Crippen LogP contribution in [0.4, 0.5) is 0 Å². The molecule has 0 amide bonds. The van der Waals surface area contributed by atoms with Gasteiger partial charge in [0.25, 0.3) is 0 Å². The summed E-state index contributed by atoms with van der Waals surface area (Å²) in [5.74, 6) is 1.71. The average Bonchev–Trinajstić information content (AvgIpc) is 2.89. The Bertz CT molecular complexity index is 397. The molecule has 0 spiro atoms. The highest BCUT2D eigenvalue weighted by Crippen LogP contribution is 2.38. The maximum absolute atomic E-state index is 6.09. The van der Waals surface area contributed by atoms with Crippen LogP contribution in [-0.2, 0) is 10.3 Å². The molecule has 0 unspecified atom stereocenters. The van der Waals surface area contributed by atoms with E-state index in [1.807, 2.05) is 0 Å². The van der Waals surface area contributed by atoms with Gasteiger partial charge in [-0.05, 0) is 25.2 Å². The Morgan fingerprint density at radius 1 is 1.32 bits per heavy atom. The van der Waals surface area contributed by atoms with Crippen LogP contribution in [0.2, 0.25) is 0 Å². The Morgan fingerprint density at radius 3 is 2.58 bits per heavy atom. The molecule has 0 aliphatic heterocycles. The third-order valence-corrected chi connectivity index (χ3v) is 3.94. The van der Waals surface area contributed by atoms with Crippen LogP contribution < -0.4 is 5.73 Å². The first-order valence-electron chi connectivity index (χ1n) is 7.22. The smallest absolute Gasteiger partial charge is 0.243 e. The average molecular weight is 267 g/mol. The van der Waals surface area contributed by atoms with Crippen LogP contribution in [0.5, 0.6) is 0 Å². The number of nitrogens with two attached hydrogens (primary N) is 1. The van der Waals surface area contributed by atoms with E-state index in [-0.39, 0.29) is 11.6 Å². The zero-order valence-corrected chi connectivity index (χ0v) is 12.2. The molecule has 1 heterocycles. The standard InChI is InChI=1S/C14H25N3O2/c1-10(2)9-11(15)12-16-13(17-19-12)14(18-3)7-5-4-6-8-14/h10-11H,4-9,15H2,1-3H3/t11-/m0/s1. The molecule has 1 aliphatic carbocycles. The van der Waals surface area contributed by atoms with Crippen molar-refractivity contribution in [1.29, 1.82) is 0 Å². The fourth-order valence-electron chi connectivity index (χ4n) is 2.82. The quantitative estimate of drug-likeness (QED) is 0.887. The lowest BCUT2D eigenvalue weighted by atomic mass is 9.84. The lowest BCUT2D eigenvalue weighted by Gasteiger charge is -2.32. The zero-order valence-electron chi connectivity index (χ0n) is 12.2. The third-order valence-electron chi connectivity index (χ3n) is 3.94. The summed E-state index contributed by atoms with van der Waals surface area (Å²) in [6.07, 6.45) is 6.32. The number of nitrogens with zero attached hydrogens (tertiary/aromatic N) is 2. The highest BCUT2D eigenvalue weighted by atomic mass is 16.5. The summed E-state index contributed by atoms with van der Waals surface area (Å²) >= 11 is 0. The summed E-state index contributed by atoms with van der Waals surface area (Å²) < 4.78 is 11.1. The highest BCUT2D eigenvalue weighted by molar-refractivity contribution is 5.04. The lowest BCUT2D eigenvalue weighted by molar-refractivity contribution is -0.0527. The topological polar surface area (TPSA) is 74.2 Å². The summed E-state index contributed by atoms with van der Waals surface area (Å²) in [7, 11) is 1.73. The molecular weight excluding hydrogens is 242 g/mol. The first kappa shape index (κ1) is 14.5. The maximum atomic E-state index is 6.09. The predicted molar refractivity (Wildman–Crippen MR) is 72.5 cm³/mol. The van der Waals surface area contributed by atoms with E-state index in [4.69, 9.17) is 15.0 Å². The van der Waals surface area contributed by atoms with Crippen LogP contribution in [0, 0.1) is 5.92 Å². The van der Waals surface area contributed by atoms with E-state index in [1.54, 1.807) is 7.11 Å². The molecular formula is C14H25N3O2. The van der Waals surface area contributed by atoms with Crippen LogP contribution in [0.15, 0.2) is 4.52 Å². The van der Waals surface area contributed by atoms with Crippen molar-refractivity contribution in [2.24, 2.45) is 11.7 Å². The van der Waals surface area contributed by atoms with E-state index in [9.17, 15) is 0 Å². The van der Waals surface area contributed by atoms with Gasteiger partial charge in [0, 0.05) is 7.11 Å². The van der Waals surface area contributed by atoms with E-state index in [0.29, 0.717) is 17.6 Å². The van der Waals surface area contributed by atoms with Crippen molar-refractivity contribution in [1.82, 2.24) is 10.1 Å². The lowest BCUT2D eigenvalue weighted by Crippen LogP contribution is -2.32. The van der Waals surface area contributed by atoms with Crippen molar-refractivity contribution in [2.75, 3.05) is 7.11 Å². The van der Waals surface area contributed by atoms with Crippen LogP contribution in [0.25, 0.3) is 0 Å². The number of hydrogen-bond donors (Lipinski definition) is 1. The molecule has 0 aromatic carbocycles. The molecule has 5 nitrogen and oxygen atoms in total. The fraction of sp³-hybridized carbons (Fsp3) is 0.857. The van der Waals surface area contributed by atoms with Gasteiger partial charge in [-0.15, -0.1) is 0 Å². The van der Waals surface area contributed by atoms with Crippen molar-refractivity contribution >= 4 is 0 Å². The first-order chi connectivity index (χ1) is 9.07. The second-order valence-electron chi connectivity index (χ2n) is 5.95. The molecule has 108 valence electrons. The Morgan fingerprint density at radius 2 is 2.00 bits per heavy atom. The molecule has 1 saturated carbocycles. The minimum atomic E-state index is -0.364. The maximum Gasteiger partial charge on any atom is 0.243 e. The second-order valence-corrected chi connectivity index (χ2v) is 5.95. The van der Waals surface area contributed by atoms with Crippen molar-refractivity contribution in [2.45, 2.75) is 64.0 Å². The van der Waals surface area contributed by atoms with Gasteiger partial charge < -0.3 is 15.0 Å². The van der Waals surface area contributed by atoms with Gasteiger partial charge in [-0.2, -0.15) is 4.98 Å². The SMILES string of the molecule is COC1(c2noc([C@@H](N)CC(C)C)n2)CCCCC1.